The summed E-state index contributed by atoms with van der Waals surface area (Å²) in [6.45, 7) is -0.410. The second-order valence-corrected chi connectivity index (χ2v) is 7.78. The maximum Gasteiger partial charge on any atom is 0.343 e. The molecule has 35 heavy (non-hydrogen) atoms. The lowest BCUT2D eigenvalue weighted by atomic mass is 10.2. The number of ether oxygens (including phenoxy) is 1. The standard InChI is InChI=1S/C23H16BrFN4O6/c24-17-6-9-20(35-23(32)14-4-7-19(8-5-14)29(33)34)16(10-17)12-27-28-21(30)13-26-22(31)15-2-1-3-18(25)11-15/h1-12H,13H2,(H,26,31)(H,28,30). The number of nitro benzene ring substituents is 1. The van der Waals surface area contributed by atoms with E-state index in [0.29, 0.717) is 10.0 Å². The maximum absolute atomic E-state index is 13.2. The van der Waals surface area contributed by atoms with Crippen LogP contribution >= 0.6 is 15.9 Å². The van der Waals surface area contributed by atoms with E-state index in [4.69, 9.17) is 4.74 Å². The highest BCUT2D eigenvalue weighted by atomic mass is 79.9. The summed E-state index contributed by atoms with van der Waals surface area (Å²) in [6, 6.07) is 14.6. The number of hydrogen-bond acceptors (Lipinski definition) is 7. The van der Waals surface area contributed by atoms with Gasteiger partial charge in [0.15, 0.2) is 0 Å². The summed E-state index contributed by atoms with van der Waals surface area (Å²) in [5.41, 5.74) is 2.55. The number of nitro groups is 1. The molecule has 0 bridgehead atoms. The highest BCUT2D eigenvalue weighted by molar-refractivity contribution is 9.10. The molecule has 2 amide bonds. The third-order valence-corrected chi connectivity index (χ3v) is 4.87. The van der Waals surface area contributed by atoms with Gasteiger partial charge in [0.25, 0.3) is 17.5 Å². The van der Waals surface area contributed by atoms with E-state index in [2.05, 4.69) is 31.8 Å². The van der Waals surface area contributed by atoms with Crippen molar-refractivity contribution < 1.29 is 28.4 Å². The monoisotopic (exact) mass is 542 g/mol. The van der Waals surface area contributed by atoms with Crippen LogP contribution in [-0.2, 0) is 4.79 Å². The Bertz CT molecular complexity index is 1310. The molecule has 0 fully saturated rings. The fourth-order valence-electron chi connectivity index (χ4n) is 2.70. The van der Waals surface area contributed by atoms with Gasteiger partial charge in [-0.3, -0.25) is 19.7 Å². The first-order valence-corrected chi connectivity index (χ1v) is 10.6. The van der Waals surface area contributed by atoms with Crippen molar-refractivity contribution in [1.29, 1.82) is 0 Å². The number of hydrazone groups is 1. The molecule has 0 radical (unpaired) electrons. The van der Waals surface area contributed by atoms with Gasteiger partial charge in [0.2, 0.25) is 0 Å². The quantitative estimate of drug-likeness (QED) is 0.146. The van der Waals surface area contributed by atoms with Crippen molar-refractivity contribution in [3.8, 4) is 5.75 Å². The van der Waals surface area contributed by atoms with Gasteiger partial charge in [-0.15, -0.1) is 0 Å². The second kappa shape index (κ2) is 11.6. The molecular weight excluding hydrogens is 527 g/mol. The minimum Gasteiger partial charge on any atom is -0.422 e. The Morgan fingerprint density at radius 1 is 1.06 bits per heavy atom. The van der Waals surface area contributed by atoms with Crippen molar-refractivity contribution >= 4 is 45.6 Å². The average molecular weight is 543 g/mol. The number of amides is 2. The van der Waals surface area contributed by atoms with Gasteiger partial charge in [-0.2, -0.15) is 5.10 Å². The smallest absolute Gasteiger partial charge is 0.343 e. The minimum atomic E-state index is -0.749. The zero-order valence-electron chi connectivity index (χ0n) is 17.7. The molecule has 0 aliphatic carbocycles. The minimum absolute atomic E-state index is 0.0647. The Balaban J connectivity index is 1.60. The van der Waals surface area contributed by atoms with Crippen molar-refractivity contribution in [1.82, 2.24) is 10.7 Å². The maximum atomic E-state index is 13.2. The molecule has 0 spiro atoms. The van der Waals surface area contributed by atoms with Gasteiger partial charge in [0.05, 0.1) is 23.2 Å². The Morgan fingerprint density at radius 2 is 1.80 bits per heavy atom. The van der Waals surface area contributed by atoms with E-state index in [-0.39, 0.29) is 22.6 Å². The summed E-state index contributed by atoms with van der Waals surface area (Å²) in [5, 5.41) is 16.9. The van der Waals surface area contributed by atoms with Crippen LogP contribution in [-0.4, -0.2) is 35.5 Å². The lowest BCUT2D eigenvalue weighted by Crippen LogP contribution is -2.34. The first kappa shape index (κ1) is 25.2. The van der Waals surface area contributed by atoms with Crippen LogP contribution in [0.2, 0.25) is 0 Å². The largest absolute Gasteiger partial charge is 0.422 e. The molecule has 0 saturated heterocycles. The summed E-state index contributed by atoms with van der Waals surface area (Å²) < 4.78 is 19.2. The van der Waals surface area contributed by atoms with Crippen LogP contribution in [0.5, 0.6) is 5.75 Å². The molecule has 2 N–H and O–H groups in total. The number of non-ortho nitro benzene ring substituents is 1. The fraction of sp³-hybridized carbons (Fsp3) is 0.0435. The molecule has 0 unspecified atom stereocenters. The number of halogens is 2. The van der Waals surface area contributed by atoms with E-state index in [1.165, 1.54) is 54.7 Å². The van der Waals surface area contributed by atoms with Gasteiger partial charge in [-0.1, -0.05) is 22.0 Å². The highest BCUT2D eigenvalue weighted by Gasteiger charge is 2.14. The normalized spacial score (nSPS) is 10.6. The molecule has 3 aromatic rings. The van der Waals surface area contributed by atoms with Crippen LogP contribution in [0.25, 0.3) is 0 Å². The molecule has 0 aliphatic rings. The van der Waals surface area contributed by atoms with Crippen LogP contribution < -0.4 is 15.5 Å². The predicted octanol–water partition coefficient (Wildman–Crippen LogP) is 3.60. The van der Waals surface area contributed by atoms with Crippen molar-refractivity contribution in [3.05, 3.63) is 104 Å². The van der Waals surface area contributed by atoms with Gasteiger partial charge in [0.1, 0.15) is 11.6 Å². The third-order valence-electron chi connectivity index (χ3n) is 4.38. The first-order valence-electron chi connectivity index (χ1n) is 9.85. The molecule has 12 heteroatoms. The number of nitrogens with one attached hydrogen (secondary N) is 2. The Labute approximate surface area is 206 Å². The zero-order valence-corrected chi connectivity index (χ0v) is 19.3. The number of hydrogen-bond donors (Lipinski definition) is 2. The molecular formula is C23H16BrFN4O6. The number of rotatable bonds is 8. The van der Waals surface area contributed by atoms with E-state index in [0.717, 1.165) is 6.07 Å². The first-order chi connectivity index (χ1) is 16.7. The molecule has 3 aromatic carbocycles. The summed E-state index contributed by atoms with van der Waals surface area (Å²) >= 11 is 3.29. The number of carbonyl (C=O) groups excluding carboxylic acids is 3. The zero-order chi connectivity index (χ0) is 25.4. The number of esters is 1. The Hall–Kier alpha value is -4.45. The van der Waals surface area contributed by atoms with Crippen LogP contribution in [0.4, 0.5) is 10.1 Å². The van der Waals surface area contributed by atoms with E-state index in [1.54, 1.807) is 12.1 Å². The summed E-state index contributed by atoms with van der Waals surface area (Å²) in [6.07, 6.45) is 1.23. The fourth-order valence-corrected chi connectivity index (χ4v) is 3.08. The van der Waals surface area contributed by atoms with E-state index >= 15 is 0 Å². The highest BCUT2D eigenvalue weighted by Crippen LogP contribution is 2.23. The molecule has 178 valence electrons. The molecule has 0 aromatic heterocycles. The lowest BCUT2D eigenvalue weighted by Gasteiger charge is -2.08. The van der Waals surface area contributed by atoms with Gasteiger partial charge >= 0.3 is 5.97 Å². The molecule has 0 heterocycles. The van der Waals surface area contributed by atoms with Crippen molar-refractivity contribution in [2.75, 3.05) is 6.54 Å². The number of benzene rings is 3. The summed E-state index contributed by atoms with van der Waals surface area (Å²) in [4.78, 5) is 46.5. The van der Waals surface area contributed by atoms with Crippen LogP contribution in [0, 0.1) is 15.9 Å². The van der Waals surface area contributed by atoms with Crippen LogP contribution in [0.1, 0.15) is 26.3 Å². The Kier molecular flexibility index (Phi) is 8.35. The molecule has 3 rings (SSSR count). The van der Waals surface area contributed by atoms with Crippen molar-refractivity contribution in [3.63, 3.8) is 0 Å². The van der Waals surface area contributed by atoms with Gasteiger partial charge < -0.3 is 10.1 Å². The van der Waals surface area contributed by atoms with Gasteiger partial charge in [-0.05, 0) is 48.5 Å². The summed E-state index contributed by atoms with van der Waals surface area (Å²) in [7, 11) is 0. The predicted molar refractivity (Wildman–Crippen MR) is 127 cm³/mol. The Morgan fingerprint density at radius 3 is 2.49 bits per heavy atom. The third kappa shape index (κ3) is 7.27. The van der Waals surface area contributed by atoms with E-state index < -0.39 is 35.1 Å². The number of nitrogens with zero attached hydrogens (tertiary/aromatic N) is 2. The van der Waals surface area contributed by atoms with E-state index in [1.807, 2.05) is 0 Å². The van der Waals surface area contributed by atoms with E-state index in [9.17, 15) is 28.9 Å². The molecule has 0 aliphatic heterocycles. The SMILES string of the molecule is O=C(CNC(=O)c1cccc(F)c1)NN=Cc1cc(Br)ccc1OC(=O)c1ccc([N+](=O)[O-])cc1. The molecule has 0 saturated carbocycles. The van der Waals surface area contributed by atoms with Crippen molar-refractivity contribution in [2.45, 2.75) is 0 Å². The molecule has 0 atom stereocenters. The van der Waals surface area contributed by atoms with Gasteiger partial charge in [0, 0.05) is 27.7 Å². The second-order valence-electron chi connectivity index (χ2n) is 6.86. The van der Waals surface area contributed by atoms with Crippen molar-refractivity contribution in [2.24, 2.45) is 5.10 Å². The topological polar surface area (TPSA) is 140 Å². The average Bonchev–Trinajstić information content (AvgIpc) is 2.84. The van der Waals surface area contributed by atoms with Crippen LogP contribution in [0.15, 0.2) is 76.3 Å². The van der Waals surface area contributed by atoms with Crippen LogP contribution in [0.3, 0.4) is 0 Å². The number of carbonyl (C=O) groups is 3. The van der Waals surface area contributed by atoms with Gasteiger partial charge in [-0.25, -0.2) is 14.6 Å². The lowest BCUT2D eigenvalue weighted by molar-refractivity contribution is -0.384. The summed E-state index contributed by atoms with van der Waals surface area (Å²) in [5.74, 6) is -2.48. The molecule has 10 nitrogen and oxygen atoms in total.